The molecule has 1 saturated heterocycles. The fourth-order valence-electron chi connectivity index (χ4n) is 3.83. The minimum absolute atomic E-state index is 0.0503. The maximum absolute atomic E-state index is 13.2. The van der Waals surface area contributed by atoms with Gasteiger partial charge in [0.05, 0.1) is 24.5 Å². The van der Waals surface area contributed by atoms with E-state index in [1.807, 2.05) is 6.92 Å². The number of anilines is 1. The topological polar surface area (TPSA) is 270 Å². The van der Waals surface area contributed by atoms with Crippen LogP contribution in [0.3, 0.4) is 0 Å². The Labute approximate surface area is 231 Å². The Balaban J connectivity index is 1.53. The lowest BCUT2D eigenvalue weighted by Gasteiger charge is -2.43. The maximum atomic E-state index is 13.2. The number of nitrogens with two attached hydrogens (primary N) is 2. The molecule has 1 unspecified atom stereocenters. The molecule has 2 aromatic rings. The van der Waals surface area contributed by atoms with Crippen LogP contribution in [-0.2, 0) is 36.1 Å². The van der Waals surface area contributed by atoms with Gasteiger partial charge in [0, 0.05) is 18.2 Å². The van der Waals surface area contributed by atoms with E-state index < -0.39 is 51.5 Å². The molecule has 0 spiro atoms. The van der Waals surface area contributed by atoms with Crippen LogP contribution in [0.5, 0.6) is 0 Å². The third-order valence-electron chi connectivity index (χ3n) is 6.27. The van der Waals surface area contributed by atoms with Crippen molar-refractivity contribution in [1.29, 1.82) is 0 Å². The van der Waals surface area contributed by atoms with E-state index in [0.717, 1.165) is 22.6 Å². The number of thiazole rings is 1. The first-order valence-electron chi connectivity index (χ1n) is 12.0. The third-order valence-corrected chi connectivity index (χ3v) is 7.89. The highest BCUT2D eigenvalue weighted by Gasteiger charge is 2.56. The van der Waals surface area contributed by atoms with E-state index >= 15 is 0 Å². The number of carbonyl (C=O) groups is 3. The number of nitrogens with one attached hydrogen (secondary N) is 2. The van der Waals surface area contributed by atoms with Crippen LogP contribution in [-0.4, -0.2) is 96.6 Å². The van der Waals surface area contributed by atoms with Gasteiger partial charge in [-0.2, -0.15) is 23.4 Å². The second-order valence-corrected chi connectivity index (χ2v) is 11.4. The Morgan fingerprint density at radius 1 is 1.40 bits per heavy atom. The van der Waals surface area contributed by atoms with Crippen LogP contribution in [0, 0.1) is 0 Å². The zero-order valence-corrected chi connectivity index (χ0v) is 22.8. The van der Waals surface area contributed by atoms with Crippen molar-refractivity contribution < 1.29 is 37.3 Å². The number of β-lactam (4-membered cyclic amide) rings is 1. The van der Waals surface area contributed by atoms with Crippen molar-refractivity contribution in [3.63, 3.8) is 0 Å². The van der Waals surface area contributed by atoms with Crippen LogP contribution < -0.4 is 22.1 Å². The van der Waals surface area contributed by atoms with Gasteiger partial charge in [-0.25, -0.2) is 14.1 Å². The van der Waals surface area contributed by atoms with Gasteiger partial charge in [-0.05, 0) is 26.4 Å². The van der Waals surface area contributed by atoms with Gasteiger partial charge in [0.15, 0.2) is 10.8 Å². The van der Waals surface area contributed by atoms with Crippen molar-refractivity contribution in [3.8, 4) is 0 Å². The van der Waals surface area contributed by atoms with Crippen molar-refractivity contribution in [2.75, 3.05) is 18.8 Å². The largest absolute Gasteiger partial charge is 0.478 e. The van der Waals surface area contributed by atoms with E-state index in [2.05, 4.69) is 31.0 Å². The SMILES string of the molecule is CC(NCCCN)c1cnn(C[C@H]2[C@H](NC(=O)C(=NOC3(C(=O)O)CC3)c3csc(N)n3)C(=O)N2S(=O)(=O)O)n1. The van der Waals surface area contributed by atoms with Gasteiger partial charge in [-0.3, -0.25) is 14.1 Å². The second-order valence-electron chi connectivity index (χ2n) is 9.17. The predicted octanol–water partition coefficient (Wildman–Crippen LogP) is -2.15. The van der Waals surface area contributed by atoms with Crippen molar-refractivity contribution in [2.45, 2.75) is 56.5 Å². The number of rotatable bonds is 14. The highest BCUT2D eigenvalue weighted by molar-refractivity contribution is 7.84. The summed E-state index contributed by atoms with van der Waals surface area (Å²) in [6, 6.07) is -2.95. The summed E-state index contributed by atoms with van der Waals surface area (Å²) in [5.74, 6) is -3.40. The first-order chi connectivity index (χ1) is 18.9. The van der Waals surface area contributed by atoms with Gasteiger partial charge in [-0.1, -0.05) is 5.16 Å². The number of nitrogen functional groups attached to an aromatic ring is 1. The van der Waals surface area contributed by atoms with Gasteiger partial charge < -0.3 is 32.0 Å². The Morgan fingerprint density at radius 3 is 2.70 bits per heavy atom. The third kappa shape index (κ3) is 6.20. The lowest BCUT2D eigenvalue weighted by molar-refractivity contribution is -0.153. The number of carboxylic acids is 1. The molecule has 20 heteroatoms. The molecule has 4 rings (SSSR count). The minimum Gasteiger partial charge on any atom is -0.478 e. The molecule has 0 aromatic carbocycles. The number of oxime groups is 1. The zero-order chi connectivity index (χ0) is 29.2. The number of amides is 2. The monoisotopic (exact) mass is 600 g/mol. The van der Waals surface area contributed by atoms with E-state index in [1.54, 1.807) is 0 Å². The molecule has 1 saturated carbocycles. The molecule has 218 valence electrons. The molecule has 3 heterocycles. The molecule has 1 aliphatic heterocycles. The van der Waals surface area contributed by atoms with Crippen molar-refractivity contribution in [2.24, 2.45) is 10.9 Å². The summed E-state index contributed by atoms with van der Waals surface area (Å²) in [4.78, 5) is 47.6. The molecule has 2 amide bonds. The lowest BCUT2D eigenvalue weighted by Crippen LogP contribution is -2.73. The molecular weight excluding hydrogens is 572 g/mol. The van der Waals surface area contributed by atoms with Crippen molar-refractivity contribution in [3.05, 3.63) is 23.0 Å². The summed E-state index contributed by atoms with van der Waals surface area (Å²) >= 11 is 0.976. The van der Waals surface area contributed by atoms with E-state index in [-0.39, 0.29) is 40.6 Å². The summed E-state index contributed by atoms with van der Waals surface area (Å²) in [6.07, 6.45) is 2.55. The van der Waals surface area contributed by atoms with Gasteiger partial charge >= 0.3 is 16.3 Å². The summed E-state index contributed by atoms with van der Waals surface area (Å²) in [5, 5.41) is 28.5. The van der Waals surface area contributed by atoms with E-state index in [9.17, 15) is 32.5 Å². The van der Waals surface area contributed by atoms with Gasteiger partial charge in [-0.15, -0.1) is 11.3 Å². The van der Waals surface area contributed by atoms with E-state index in [4.69, 9.17) is 16.3 Å². The predicted molar refractivity (Wildman–Crippen MR) is 138 cm³/mol. The Kier molecular flexibility index (Phi) is 8.35. The number of carbonyl (C=O) groups excluding carboxylic acids is 2. The highest BCUT2D eigenvalue weighted by atomic mass is 32.2. The fourth-order valence-corrected chi connectivity index (χ4v) is 5.25. The molecule has 1 aliphatic carbocycles. The van der Waals surface area contributed by atoms with E-state index in [1.165, 1.54) is 11.6 Å². The quantitative estimate of drug-likeness (QED) is 0.0444. The highest BCUT2D eigenvalue weighted by Crippen LogP contribution is 2.40. The summed E-state index contributed by atoms with van der Waals surface area (Å²) in [6.45, 7) is 2.68. The van der Waals surface area contributed by atoms with Crippen LogP contribution in [0.4, 0.5) is 5.13 Å². The minimum atomic E-state index is -4.99. The second kappa shape index (κ2) is 11.4. The average molecular weight is 601 g/mol. The number of aromatic nitrogens is 4. The Morgan fingerprint density at radius 2 is 2.12 bits per heavy atom. The molecular formula is C20H28N10O8S2. The van der Waals surface area contributed by atoms with Gasteiger partial charge in [0.1, 0.15) is 17.8 Å². The normalized spacial score (nSPS) is 21.0. The summed E-state index contributed by atoms with van der Waals surface area (Å²) in [5.41, 5.74) is 9.57. The molecule has 2 aliphatic rings. The number of carboxylic acid groups (broad SMARTS) is 1. The smallest absolute Gasteiger partial charge is 0.362 e. The molecule has 18 nitrogen and oxygen atoms in total. The zero-order valence-electron chi connectivity index (χ0n) is 21.1. The van der Waals surface area contributed by atoms with Crippen LogP contribution >= 0.6 is 11.3 Å². The summed E-state index contributed by atoms with van der Waals surface area (Å²) < 4.78 is 33.7. The van der Waals surface area contributed by atoms with Crippen LogP contribution in [0.1, 0.15) is 43.6 Å². The van der Waals surface area contributed by atoms with Gasteiger partial charge in [0.25, 0.3) is 11.8 Å². The number of hydrogen-bond acceptors (Lipinski definition) is 14. The van der Waals surface area contributed by atoms with E-state index in [0.29, 0.717) is 18.8 Å². The molecule has 40 heavy (non-hydrogen) atoms. The van der Waals surface area contributed by atoms with Gasteiger partial charge in [0.2, 0.25) is 5.60 Å². The first kappa shape index (κ1) is 29.3. The average Bonchev–Trinajstić information content (AvgIpc) is 3.32. The Hall–Kier alpha value is -3.72. The fraction of sp³-hybridized carbons (Fsp3) is 0.550. The molecule has 0 bridgehead atoms. The lowest BCUT2D eigenvalue weighted by atomic mass is 9.98. The molecule has 2 aromatic heterocycles. The molecule has 0 radical (unpaired) electrons. The number of hydrogen-bond donors (Lipinski definition) is 6. The van der Waals surface area contributed by atoms with Crippen molar-refractivity contribution >= 4 is 50.3 Å². The van der Waals surface area contributed by atoms with Crippen LogP contribution in [0.15, 0.2) is 16.7 Å². The van der Waals surface area contributed by atoms with Crippen LogP contribution in [0.25, 0.3) is 0 Å². The van der Waals surface area contributed by atoms with Crippen molar-refractivity contribution in [1.82, 2.24) is 34.9 Å². The standard InChI is InChI=1S/C20H28N10O8S2/c1-10(23-6-2-5-21)11-7-24-29(27-11)8-13-15(17(32)30(13)40(35,36)37)26-16(31)14(12-9-39-19(22)25-12)28-38-20(3-4-20)18(33)34/h7,9-10,13,15,23H,2-6,8,21H2,1H3,(H2,22,25)(H,26,31)(H,33,34)(H,35,36,37)/t10?,13-,15-/m0/s1. The molecule has 3 atom stereocenters. The summed E-state index contributed by atoms with van der Waals surface area (Å²) in [7, 11) is -4.99. The Bertz CT molecular complexity index is 1420. The van der Waals surface area contributed by atoms with Crippen LogP contribution in [0.2, 0.25) is 0 Å². The molecule has 8 N–H and O–H groups in total. The number of aliphatic carboxylic acids is 1. The first-order valence-corrected chi connectivity index (χ1v) is 14.3. The maximum Gasteiger partial charge on any atom is 0.362 e. The molecule has 2 fully saturated rings. The number of nitrogens with zero attached hydrogens (tertiary/aromatic N) is 6.